The van der Waals surface area contributed by atoms with Crippen molar-refractivity contribution in [2.45, 2.75) is 6.54 Å². The van der Waals surface area contributed by atoms with E-state index in [4.69, 9.17) is 0 Å². The second-order valence-corrected chi connectivity index (χ2v) is 3.47. The molecule has 0 aliphatic rings. The van der Waals surface area contributed by atoms with Gasteiger partial charge in [0.05, 0.1) is 11.9 Å². The summed E-state index contributed by atoms with van der Waals surface area (Å²) in [6.07, 6.45) is 1.33. The molecule has 0 radical (unpaired) electrons. The molecule has 2 rings (SSSR count). The molecular weight excluding hydrogens is 229 g/mol. The number of nitrogens with one attached hydrogen (secondary N) is 1. The molecule has 0 fully saturated rings. The maximum absolute atomic E-state index is 12.9. The van der Waals surface area contributed by atoms with E-state index in [0.717, 1.165) is 12.1 Å². The highest BCUT2D eigenvalue weighted by Crippen LogP contribution is 2.11. The van der Waals surface area contributed by atoms with Gasteiger partial charge in [0.25, 0.3) is 0 Å². The third kappa shape index (κ3) is 2.96. The summed E-state index contributed by atoms with van der Waals surface area (Å²) >= 11 is 0. The van der Waals surface area contributed by atoms with E-state index in [2.05, 4.69) is 10.3 Å². The van der Waals surface area contributed by atoms with Crippen molar-refractivity contribution in [3.8, 4) is 0 Å². The zero-order valence-electron chi connectivity index (χ0n) is 8.75. The third-order valence-electron chi connectivity index (χ3n) is 2.21. The Hall–Kier alpha value is -2.04. The van der Waals surface area contributed by atoms with Gasteiger partial charge in [0.1, 0.15) is 0 Å². The van der Waals surface area contributed by atoms with Crippen LogP contribution in [0.15, 0.2) is 36.5 Å². The number of hydrogen-bond donors (Lipinski definition) is 1. The van der Waals surface area contributed by atoms with E-state index in [1.165, 1.54) is 24.4 Å². The summed E-state index contributed by atoms with van der Waals surface area (Å²) in [6, 6.07) is 6.38. The molecule has 0 aliphatic heterocycles. The molecular formula is C12H9F3N2. The molecule has 0 bridgehead atoms. The predicted molar refractivity (Wildman–Crippen MR) is 57.9 cm³/mol. The van der Waals surface area contributed by atoms with Crippen LogP contribution in [0.1, 0.15) is 5.56 Å². The highest BCUT2D eigenvalue weighted by Gasteiger charge is 2.02. The van der Waals surface area contributed by atoms with Gasteiger partial charge >= 0.3 is 0 Å². The van der Waals surface area contributed by atoms with E-state index in [-0.39, 0.29) is 0 Å². The van der Waals surface area contributed by atoms with Crippen LogP contribution < -0.4 is 5.32 Å². The third-order valence-corrected chi connectivity index (χ3v) is 2.21. The van der Waals surface area contributed by atoms with Crippen molar-refractivity contribution < 1.29 is 13.2 Å². The van der Waals surface area contributed by atoms with Crippen LogP contribution >= 0.6 is 0 Å². The normalized spacial score (nSPS) is 10.3. The SMILES string of the molecule is Fc1ccc(NCc2ccc(F)c(F)c2)cn1. The number of hydrogen-bond acceptors (Lipinski definition) is 2. The monoisotopic (exact) mass is 238 g/mol. The molecule has 1 aromatic carbocycles. The van der Waals surface area contributed by atoms with Gasteiger partial charge < -0.3 is 5.32 Å². The summed E-state index contributed by atoms with van der Waals surface area (Å²) in [5, 5.41) is 2.92. The Labute approximate surface area is 96.1 Å². The van der Waals surface area contributed by atoms with Crippen molar-refractivity contribution in [1.82, 2.24) is 4.98 Å². The van der Waals surface area contributed by atoms with E-state index in [9.17, 15) is 13.2 Å². The van der Waals surface area contributed by atoms with Crippen LogP contribution in [0.2, 0.25) is 0 Å². The zero-order chi connectivity index (χ0) is 12.3. The van der Waals surface area contributed by atoms with E-state index in [0.29, 0.717) is 17.8 Å². The highest BCUT2D eigenvalue weighted by atomic mass is 19.2. The van der Waals surface area contributed by atoms with Crippen molar-refractivity contribution in [1.29, 1.82) is 0 Å². The molecule has 17 heavy (non-hydrogen) atoms. The lowest BCUT2D eigenvalue weighted by molar-refractivity contribution is 0.507. The van der Waals surface area contributed by atoms with Gasteiger partial charge in [-0.05, 0) is 29.8 Å². The minimum atomic E-state index is -0.887. The Balaban J connectivity index is 2.02. The fourth-order valence-electron chi connectivity index (χ4n) is 1.33. The molecule has 2 aromatic rings. The fourth-order valence-corrected chi connectivity index (χ4v) is 1.33. The standard InChI is InChI=1S/C12H9F3N2/c13-10-3-1-8(5-11(10)14)6-16-9-2-4-12(15)17-7-9/h1-5,7,16H,6H2. The summed E-state index contributed by atoms with van der Waals surface area (Å²) in [7, 11) is 0. The molecule has 1 aromatic heterocycles. The van der Waals surface area contributed by atoms with Crippen LogP contribution in [-0.4, -0.2) is 4.98 Å². The average Bonchev–Trinajstić information content (AvgIpc) is 2.33. The molecule has 0 unspecified atom stereocenters. The first-order chi connectivity index (χ1) is 8.15. The predicted octanol–water partition coefficient (Wildman–Crippen LogP) is 3.11. The molecule has 0 saturated heterocycles. The summed E-state index contributed by atoms with van der Waals surface area (Å²) < 4.78 is 38.1. The lowest BCUT2D eigenvalue weighted by atomic mass is 10.2. The molecule has 0 amide bonds. The quantitative estimate of drug-likeness (QED) is 0.831. The van der Waals surface area contributed by atoms with E-state index in [1.54, 1.807) is 0 Å². The number of pyridine rings is 1. The van der Waals surface area contributed by atoms with Crippen LogP contribution in [-0.2, 0) is 6.54 Å². The molecule has 5 heteroatoms. The molecule has 0 saturated carbocycles. The maximum atomic E-state index is 12.9. The van der Waals surface area contributed by atoms with E-state index >= 15 is 0 Å². The summed E-state index contributed by atoms with van der Waals surface area (Å²) in [5.74, 6) is -2.33. The van der Waals surface area contributed by atoms with Gasteiger partial charge in [-0.2, -0.15) is 4.39 Å². The summed E-state index contributed by atoms with van der Waals surface area (Å²) in [6.45, 7) is 0.310. The minimum Gasteiger partial charge on any atom is -0.380 e. The summed E-state index contributed by atoms with van der Waals surface area (Å²) in [4.78, 5) is 3.46. The second-order valence-electron chi connectivity index (χ2n) is 3.47. The van der Waals surface area contributed by atoms with Gasteiger partial charge in [-0.25, -0.2) is 13.8 Å². The van der Waals surface area contributed by atoms with Crippen molar-refractivity contribution in [2.75, 3.05) is 5.32 Å². The Morgan fingerprint density at radius 1 is 1.00 bits per heavy atom. The Morgan fingerprint density at radius 2 is 1.82 bits per heavy atom. The average molecular weight is 238 g/mol. The van der Waals surface area contributed by atoms with Crippen LogP contribution in [0.25, 0.3) is 0 Å². The van der Waals surface area contributed by atoms with Gasteiger partial charge in [0.15, 0.2) is 11.6 Å². The van der Waals surface area contributed by atoms with Crippen molar-refractivity contribution >= 4 is 5.69 Å². The molecule has 0 atom stereocenters. The highest BCUT2D eigenvalue weighted by molar-refractivity contribution is 5.40. The number of rotatable bonds is 3. The molecule has 0 aliphatic carbocycles. The Bertz CT molecular complexity index is 512. The first-order valence-electron chi connectivity index (χ1n) is 4.94. The first kappa shape index (κ1) is 11.4. The minimum absolute atomic E-state index is 0.310. The second kappa shape index (κ2) is 4.86. The maximum Gasteiger partial charge on any atom is 0.212 e. The number of anilines is 1. The molecule has 1 N–H and O–H groups in total. The van der Waals surface area contributed by atoms with Gasteiger partial charge in [-0.15, -0.1) is 0 Å². The number of nitrogens with zero attached hydrogens (tertiary/aromatic N) is 1. The lowest BCUT2D eigenvalue weighted by Gasteiger charge is -2.06. The first-order valence-corrected chi connectivity index (χ1v) is 4.94. The van der Waals surface area contributed by atoms with Crippen LogP contribution in [0, 0.1) is 17.6 Å². The van der Waals surface area contributed by atoms with Gasteiger partial charge in [-0.3, -0.25) is 0 Å². The number of aromatic nitrogens is 1. The molecule has 1 heterocycles. The van der Waals surface area contributed by atoms with Crippen LogP contribution in [0.4, 0.5) is 18.9 Å². The topological polar surface area (TPSA) is 24.9 Å². The van der Waals surface area contributed by atoms with Crippen LogP contribution in [0.5, 0.6) is 0 Å². The number of halogens is 3. The van der Waals surface area contributed by atoms with Gasteiger partial charge in [-0.1, -0.05) is 6.07 Å². The van der Waals surface area contributed by atoms with Crippen molar-refractivity contribution in [3.63, 3.8) is 0 Å². The van der Waals surface area contributed by atoms with E-state index in [1.807, 2.05) is 0 Å². The fraction of sp³-hybridized carbons (Fsp3) is 0.0833. The summed E-state index contributed by atoms with van der Waals surface area (Å²) in [5.41, 5.74) is 1.20. The largest absolute Gasteiger partial charge is 0.380 e. The molecule has 2 nitrogen and oxygen atoms in total. The van der Waals surface area contributed by atoms with Crippen molar-refractivity contribution in [3.05, 3.63) is 59.7 Å². The lowest BCUT2D eigenvalue weighted by Crippen LogP contribution is -2.01. The Morgan fingerprint density at radius 3 is 2.47 bits per heavy atom. The van der Waals surface area contributed by atoms with Crippen molar-refractivity contribution in [2.24, 2.45) is 0 Å². The van der Waals surface area contributed by atoms with E-state index < -0.39 is 17.6 Å². The molecule has 0 spiro atoms. The Kier molecular flexibility index (Phi) is 3.27. The smallest absolute Gasteiger partial charge is 0.212 e. The van der Waals surface area contributed by atoms with Crippen LogP contribution in [0.3, 0.4) is 0 Å². The van der Waals surface area contributed by atoms with Gasteiger partial charge in [0, 0.05) is 6.54 Å². The van der Waals surface area contributed by atoms with Gasteiger partial charge in [0.2, 0.25) is 5.95 Å². The molecule has 88 valence electrons. The zero-order valence-corrected chi connectivity index (χ0v) is 8.75. The number of benzene rings is 1.